The molecule has 0 radical (unpaired) electrons. The number of rotatable bonds is 4. The molecular formula is C18H16N4O7. The Morgan fingerprint density at radius 2 is 1.55 bits per heavy atom. The highest BCUT2D eigenvalue weighted by molar-refractivity contribution is 5.74. The van der Waals surface area contributed by atoms with E-state index in [1.165, 1.54) is 38.4 Å². The number of aldehydes is 1. The molecule has 1 unspecified atom stereocenters. The zero-order valence-corrected chi connectivity index (χ0v) is 15.3. The predicted molar refractivity (Wildman–Crippen MR) is 101 cm³/mol. The Balaban J connectivity index is 2.48. The zero-order valence-electron chi connectivity index (χ0n) is 15.3. The number of nitrogens with zero attached hydrogens (tertiary/aromatic N) is 2. The summed E-state index contributed by atoms with van der Waals surface area (Å²) in [5, 5.41) is 20.8. The lowest BCUT2D eigenvalue weighted by Gasteiger charge is -2.20. The van der Waals surface area contributed by atoms with E-state index < -0.39 is 45.7 Å². The Hall–Kier alpha value is -4.15. The van der Waals surface area contributed by atoms with Gasteiger partial charge in [-0.05, 0) is 5.56 Å². The van der Waals surface area contributed by atoms with Gasteiger partial charge in [-0.3, -0.25) is 33.5 Å². The molecule has 0 aliphatic rings. The summed E-state index contributed by atoms with van der Waals surface area (Å²) in [5.41, 5.74) is -3.91. The molecule has 0 fully saturated rings. The Morgan fingerprint density at radius 1 is 0.931 bits per heavy atom. The van der Waals surface area contributed by atoms with Crippen molar-refractivity contribution in [2.45, 2.75) is 5.92 Å². The van der Waals surface area contributed by atoms with E-state index >= 15 is 0 Å². The van der Waals surface area contributed by atoms with E-state index in [4.69, 9.17) is 0 Å². The number of aromatic nitrogens is 4. The van der Waals surface area contributed by atoms with Gasteiger partial charge in [0.05, 0.1) is 17.0 Å². The van der Waals surface area contributed by atoms with Crippen LogP contribution in [0.3, 0.4) is 0 Å². The van der Waals surface area contributed by atoms with Crippen LogP contribution in [0.15, 0.2) is 43.4 Å². The van der Waals surface area contributed by atoms with Crippen LogP contribution in [0.4, 0.5) is 0 Å². The van der Waals surface area contributed by atoms with Crippen molar-refractivity contribution < 1.29 is 15.0 Å². The summed E-state index contributed by atoms with van der Waals surface area (Å²) in [4.78, 5) is 63.8. The van der Waals surface area contributed by atoms with Gasteiger partial charge in [-0.15, -0.1) is 0 Å². The maximum Gasteiger partial charge on any atom is 0.333 e. The van der Waals surface area contributed by atoms with Gasteiger partial charge in [0.15, 0.2) is 0 Å². The molecule has 2 aromatic heterocycles. The number of carbonyl (C=O) groups is 1. The first kappa shape index (κ1) is 19.6. The number of aromatic hydroxyl groups is 2. The number of nitrogens with one attached hydrogen (secondary N) is 2. The Bertz CT molecular complexity index is 1340. The molecule has 0 saturated heterocycles. The van der Waals surface area contributed by atoms with Gasteiger partial charge in [-0.25, -0.2) is 9.59 Å². The smallest absolute Gasteiger partial charge is 0.333 e. The standard InChI is InChI=1S/C18H16N4O7/c1-21-15(26)12(16(27)22(2)18(21)29)10(9-5-3-8(7-23)4-6-9)11-13(24)19-17(28)20-14(11)25/h3-7,10,26H,1-2H3,(H3,19,20,24,25,28). The molecule has 29 heavy (non-hydrogen) atoms. The minimum absolute atomic E-state index is 0.245. The van der Waals surface area contributed by atoms with Gasteiger partial charge in [0.2, 0.25) is 11.8 Å². The summed E-state index contributed by atoms with van der Waals surface area (Å²) < 4.78 is 1.54. The molecule has 2 heterocycles. The number of carbonyl (C=O) groups excluding carboxylic acids is 1. The van der Waals surface area contributed by atoms with E-state index in [1.807, 2.05) is 9.97 Å². The fraction of sp³-hybridized carbons (Fsp3) is 0.167. The molecule has 1 atom stereocenters. The van der Waals surface area contributed by atoms with Crippen LogP contribution >= 0.6 is 0 Å². The van der Waals surface area contributed by atoms with Crippen LogP contribution < -0.4 is 22.5 Å². The van der Waals surface area contributed by atoms with Crippen LogP contribution in [0.5, 0.6) is 11.8 Å². The SMILES string of the molecule is Cn1c(O)c(C(c2ccc(C=O)cc2)c2c(O)[nH]c(=O)[nH]c2=O)c(=O)n(C)c1=O. The van der Waals surface area contributed by atoms with Crippen LogP contribution in [0.2, 0.25) is 0 Å². The lowest BCUT2D eigenvalue weighted by molar-refractivity contribution is 0.112. The van der Waals surface area contributed by atoms with Crippen molar-refractivity contribution in [2.24, 2.45) is 14.1 Å². The van der Waals surface area contributed by atoms with E-state index in [0.717, 1.165) is 9.13 Å². The lowest BCUT2D eigenvalue weighted by Crippen LogP contribution is -2.40. The number of hydrogen-bond acceptors (Lipinski definition) is 7. The predicted octanol–water partition coefficient (Wildman–Crippen LogP) is -1.14. The average Bonchev–Trinajstić information content (AvgIpc) is 2.69. The van der Waals surface area contributed by atoms with Crippen LogP contribution in [-0.4, -0.2) is 35.6 Å². The third-order valence-electron chi connectivity index (χ3n) is 4.61. The molecule has 11 nitrogen and oxygen atoms in total. The van der Waals surface area contributed by atoms with E-state index in [-0.39, 0.29) is 11.1 Å². The fourth-order valence-electron chi connectivity index (χ4n) is 3.11. The molecule has 0 spiro atoms. The lowest BCUT2D eigenvalue weighted by atomic mass is 9.86. The number of hydrogen-bond donors (Lipinski definition) is 4. The van der Waals surface area contributed by atoms with E-state index in [9.17, 15) is 34.2 Å². The minimum atomic E-state index is -1.36. The summed E-state index contributed by atoms with van der Waals surface area (Å²) in [5.74, 6) is -2.88. The molecule has 3 aromatic rings. The van der Waals surface area contributed by atoms with Gasteiger partial charge in [0, 0.05) is 19.7 Å². The molecule has 1 aromatic carbocycles. The van der Waals surface area contributed by atoms with E-state index in [1.54, 1.807) is 0 Å². The topological polar surface area (TPSA) is 167 Å². The molecule has 0 aliphatic carbocycles. The van der Waals surface area contributed by atoms with Gasteiger partial charge >= 0.3 is 11.4 Å². The maximum absolute atomic E-state index is 12.8. The maximum atomic E-state index is 12.8. The van der Waals surface area contributed by atoms with E-state index in [2.05, 4.69) is 0 Å². The molecule has 4 N–H and O–H groups in total. The van der Waals surface area contributed by atoms with Crippen LogP contribution in [0.1, 0.15) is 33.0 Å². The minimum Gasteiger partial charge on any atom is -0.494 e. The summed E-state index contributed by atoms with van der Waals surface area (Å²) in [6.45, 7) is 0. The average molecular weight is 400 g/mol. The Kier molecular flexibility index (Phi) is 4.81. The largest absolute Gasteiger partial charge is 0.494 e. The third kappa shape index (κ3) is 3.18. The quantitative estimate of drug-likeness (QED) is 0.402. The highest BCUT2D eigenvalue weighted by Gasteiger charge is 2.31. The first-order valence-electron chi connectivity index (χ1n) is 8.26. The fourth-order valence-corrected chi connectivity index (χ4v) is 3.11. The van der Waals surface area contributed by atoms with Crippen molar-refractivity contribution in [2.75, 3.05) is 0 Å². The monoisotopic (exact) mass is 400 g/mol. The third-order valence-corrected chi connectivity index (χ3v) is 4.61. The van der Waals surface area contributed by atoms with Crippen molar-refractivity contribution in [3.8, 4) is 11.8 Å². The first-order chi connectivity index (χ1) is 13.7. The summed E-state index contributed by atoms with van der Waals surface area (Å²) >= 11 is 0. The van der Waals surface area contributed by atoms with Crippen molar-refractivity contribution in [3.63, 3.8) is 0 Å². The van der Waals surface area contributed by atoms with Crippen molar-refractivity contribution in [3.05, 3.63) is 88.2 Å². The summed E-state index contributed by atoms with van der Waals surface area (Å²) in [7, 11) is 2.42. The van der Waals surface area contributed by atoms with Crippen molar-refractivity contribution in [1.82, 2.24) is 19.1 Å². The van der Waals surface area contributed by atoms with Gasteiger partial charge < -0.3 is 10.2 Å². The highest BCUT2D eigenvalue weighted by atomic mass is 16.3. The van der Waals surface area contributed by atoms with Crippen molar-refractivity contribution in [1.29, 1.82) is 0 Å². The second-order valence-corrected chi connectivity index (χ2v) is 6.33. The van der Waals surface area contributed by atoms with Gasteiger partial charge in [-0.1, -0.05) is 24.3 Å². The highest BCUT2D eigenvalue weighted by Crippen LogP contribution is 2.35. The molecule has 3 rings (SSSR count). The summed E-state index contributed by atoms with van der Waals surface area (Å²) in [6.07, 6.45) is 0.589. The van der Waals surface area contributed by atoms with Gasteiger partial charge in [0.25, 0.3) is 11.1 Å². The van der Waals surface area contributed by atoms with Crippen LogP contribution in [-0.2, 0) is 14.1 Å². The van der Waals surface area contributed by atoms with Crippen LogP contribution in [0, 0.1) is 0 Å². The summed E-state index contributed by atoms with van der Waals surface area (Å²) in [6, 6.07) is 5.66. The zero-order chi connectivity index (χ0) is 21.5. The molecule has 0 bridgehead atoms. The Labute approximate surface area is 161 Å². The number of benzene rings is 1. The second kappa shape index (κ2) is 7.11. The molecule has 0 amide bonds. The normalized spacial score (nSPS) is 11.9. The molecule has 0 saturated carbocycles. The molecule has 11 heteroatoms. The molecule has 0 aliphatic heterocycles. The Morgan fingerprint density at radius 3 is 2.10 bits per heavy atom. The van der Waals surface area contributed by atoms with Gasteiger partial charge in [-0.2, -0.15) is 0 Å². The first-order valence-corrected chi connectivity index (χ1v) is 8.26. The molecule has 150 valence electrons. The number of aromatic amines is 2. The van der Waals surface area contributed by atoms with Gasteiger partial charge in [0.1, 0.15) is 6.29 Å². The second-order valence-electron chi connectivity index (χ2n) is 6.33. The van der Waals surface area contributed by atoms with Crippen LogP contribution in [0.25, 0.3) is 0 Å². The van der Waals surface area contributed by atoms with Crippen molar-refractivity contribution >= 4 is 6.29 Å². The number of H-pyrrole nitrogens is 2. The van der Waals surface area contributed by atoms with E-state index in [0.29, 0.717) is 11.8 Å². The molecular weight excluding hydrogens is 384 g/mol.